The molecule has 1 atom stereocenters. The van der Waals surface area contributed by atoms with Crippen LogP contribution in [0.3, 0.4) is 0 Å². The maximum absolute atomic E-state index is 6.20. The van der Waals surface area contributed by atoms with Gasteiger partial charge < -0.3 is 5.73 Å². The van der Waals surface area contributed by atoms with E-state index in [-0.39, 0.29) is 6.04 Å². The maximum atomic E-state index is 6.20. The molecule has 1 heterocycles. The predicted molar refractivity (Wildman–Crippen MR) is 68.7 cm³/mol. The summed E-state index contributed by atoms with van der Waals surface area (Å²) in [4.78, 5) is 4.44. The molecule has 0 aliphatic heterocycles. The third-order valence-corrected chi connectivity index (χ3v) is 3.64. The van der Waals surface area contributed by atoms with Crippen LogP contribution in [-0.2, 0) is 6.42 Å². The quantitative estimate of drug-likeness (QED) is 0.883. The van der Waals surface area contributed by atoms with Crippen molar-refractivity contribution in [1.29, 1.82) is 0 Å². The van der Waals surface area contributed by atoms with E-state index in [2.05, 4.69) is 29.4 Å². The van der Waals surface area contributed by atoms with Crippen LogP contribution < -0.4 is 5.73 Å². The molecule has 0 bridgehead atoms. The molecule has 0 amide bonds. The van der Waals surface area contributed by atoms with Gasteiger partial charge in [0.15, 0.2) is 0 Å². The van der Waals surface area contributed by atoms with Crippen molar-refractivity contribution in [3.63, 3.8) is 0 Å². The van der Waals surface area contributed by atoms with Gasteiger partial charge in [-0.2, -0.15) is 0 Å². The van der Waals surface area contributed by atoms with E-state index in [1.54, 1.807) is 11.3 Å². The van der Waals surface area contributed by atoms with Crippen LogP contribution >= 0.6 is 11.3 Å². The summed E-state index contributed by atoms with van der Waals surface area (Å²) >= 11 is 1.69. The average molecular weight is 232 g/mol. The third kappa shape index (κ3) is 2.49. The molecule has 2 rings (SSSR count). The Bertz CT molecular complexity index is 476. The summed E-state index contributed by atoms with van der Waals surface area (Å²) < 4.78 is 0. The molecule has 0 spiro atoms. The summed E-state index contributed by atoms with van der Waals surface area (Å²) in [5.41, 5.74) is 9.76. The number of benzene rings is 1. The second-order valence-electron chi connectivity index (χ2n) is 4.05. The molecular formula is C13H16N2S. The summed E-state index contributed by atoms with van der Waals surface area (Å²) in [6, 6.07) is 8.32. The summed E-state index contributed by atoms with van der Waals surface area (Å²) in [5, 5.41) is 3.19. The van der Waals surface area contributed by atoms with Crippen LogP contribution in [0.2, 0.25) is 0 Å². The van der Waals surface area contributed by atoms with Crippen LogP contribution in [0.4, 0.5) is 0 Å². The van der Waals surface area contributed by atoms with E-state index in [1.807, 2.05) is 19.1 Å². The Labute approximate surface area is 100 Å². The molecule has 0 radical (unpaired) electrons. The standard InChI is InChI=1S/C13H16N2S/c1-9-5-3-4-6-11(9)12(14)7-13-15-10(2)8-16-13/h3-6,8,12H,7,14H2,1-2H3. The van der Waals surface area contributed by atoms with Crippen molar-refractivity contribution in [2.24, 2.45) is 5.73 Å². The van der Waals surface area contributed by atoms with E-state index < -0.39 is 0 Å². The fourth-order valence-corrected chi connectivity index (χ4v) is 2.63. The van der Waals surface area contributed by atoms with E-state index >= 15 is 0 Å². The molecule has 0 fully saturated rings. The van der Waals surface area contributed by atoms with Crippen LogP contribution in [0.15, 0.2) is 29.6 Å². The molecule has 1 aromatic carbocycles. The lowest BCUT2D eigenvalue weighted by Crippen LogP contribution is -2.14. The molecule has 2 N–H and O–H groups in total. The lowest BCUT2D eigenvalue weighted by Gasteiger charge is -2.12. The SMILES string of the molecule is Cc1csc(CC(N)c2ccccc2C)n1. The van der Waals surface area contributed by atoms with Gasteiger partial charge in [0.1, 0.15) is 0 Å². The Morgan fingerprint density at radius 2 is 2.06 bits per heavy atom. The number of aryl methyl sites for hydroxylation is 2. The molecule has 0 aliphatic rings. The summed E-state index contributed by atoms with van der Waals surface area (Å²) in [6.45, 7) is 4.11. The topological polar surface area (TPSA) is 38.9 Å². The third-order valence-electron chi connectivity index (χ3n) is 2.65. The Morgan fingerprint density at radius 1 is 1.31 bits per heavy atom. The van der Waals surface area contributed by atoms with Gasteiger partial charge in [0.05, 0.1) is 5.01 Å². The highest BCUT2D eigenvalue weighted by Gasteiger charge is 2.11. The molecule has 2 aromatic rings. The largest absolute Gasteiger partial charge is 0.324 e. The molecule has 0 saturated carbocycles. The first kappa shape index (κ1) is 11.3. The van der Waals surface area contributed by atoms with Gasteiger partial charge in [0.25, 0.3) is 0 Å². The lowest BCUT2D eigenvalue weighted by atomic mass is 10.00. The highest BCUT2D eigenvalue weighted by Crippen LogP contribution is 2.21. The van der Waals surface area contributed by atoms with Crippen molar-refractivity contribution >= 4 is 11.3 Å². The van der Waals surface area contributed by atoms with E-state index in [0.29, 0.717) is 0 Å². The fraction of sp³-hybridized carbons (Fsp3) is 0.308. The number of hydrogen-bond acceptors (Lipinski definition) is 3. The van der Waals surface area contributed by atoms with E-state index in [0.717, 1.165) is 17.1 Å². The van der Waals surface area contributed by atoms with Crippen molar-refractivity contribution in [1.82, 2.24) is 4.98 Å². The van der Waals surface area contributed by atoms with Crippen LogP contribution in [0, 0.1) is 13.8 Å². The summed E-state index contributed by atoms with van der Waals surface area (Å²) in [6.07, 6.45) is 0.823. The Balaban J connectivity index is 2.14. The number of thiazole rings is 1. The maximum Gasteiger partial charge on any atom is 0.0947 e. The minimum atomic E-state index is 0.0479. The van der Waals surface area contributed by atoms with E-state index in [4.69, 9.17) is 5.73 Å². The van der Waals surface area contributed by atoms with E-state index in [9.17, 15) is 0 Å². The fourth-order valence-electron chi connectivity index (χ4n) is 1.80. The smallest absolute Gasteiger partial charge is 0.0947 e. The number of rotatable bonds is 3. The second kappa shape index (κ2) is 4.76. The number of aromatic nitrogens is 1. The Morgan fingerprint density at radius 3 is 2.69 bits per heavy atom. The summed E-state index contributed by atoms with van der Waals surface area (Å²) in [5.74, 6) is 0. The average Bonchev–Trinajstić information content (AvgIpc) is 2.64. The zero-order valence-corrected chi connectivity index (χ0v) is 10.4. The monoisotopic (exact) mass is 232 g/mol. The minimum absolute atomic E-state index is 0.0479. The first-order valence-corrected chi connectivity index (χ1v) is 6.27. The molecule has 0 aliphatic carbocycles. The molecule has 1 unspecified atom stereocenters. The van der Waals surface area contributed by atoms with Crippen LogP contribution in [-0.4, -0.2) is 4.98 Å². The van der Waals surface area contributed by atoms with Gasteiger partial charge in [-0.1, -0.05) is 24.3 Å². The van der Waals surface area contributed by atoms with Crippen molar-refractivity contribution in [2.45, 2.75) is 26.3 Å². The zero-order valence-electron chi connectivity index (χ0n) is 9.60. The molecule has 2 nitrogen and oxygen atoms in total. The van der Waals surface area contributed by atoms with Gasteiger partial charge in [-0.05, 0) is 25.0 Å². The predicted octanol–water partition coefficient (Wildman–Crippen LogP) is 3.00. The van der Waals surface area contributed by atoms with E-state index in [1.165, 1.54) is 11.1 Å². The van der Waals surface area contributed by atoms with Crippen molar-refractivity contribution in [3.8, 4) is 0 Å². The van der Waals surface area contributed by atoms with Crippen LogP contribution in [0.25, 0.3) is 0 Å². The Hall–Kier alpha value is -1.19. The molecule has 16 heavy (non-hydrogen) atoms. The van der Waals surface area contributed by atoms with Crippen molar-refractivity contribution in [3.05, 3.63) is 51.5 Å². The van der Waals surface area contributed by atoms with Gasteiger partial charge in [-0.15, -0.1) is 11.3 Å². The van der Waals surface area contributed by atoms with Crippen LogP contribution in [0.5, 0.6) is 0 Å². The molecular weight excluding hydrogens is 216 g/mol. The molecule has 0 saturated heterocycles. The minimum Gasteiger partial charge on any atom is -0.324 e. The number of hydrogen-bond donors (Lipinski definition) is 1. The molecule has 84 valence electrons. The van der Waals surface area contributed by atoms with Gasteiger partial charge in [0, 0.05) is 23.5 Å². The van der Waals surface area contributed by atoms with Gasteiger partial charge in [0.2, 0.25) is 0 Å². The zero-order chi connectivity index (χ0) is 11.5. The van der Waals surface area contributed by atoms with Gasteiger partial charge >= 0.3 is 0 Å². The molecule has 1 aromatic heterocycles. The molecule has 3 heteroatoms. The normalized spacial score (nSPS) is 12.7. The number of nitrogens with two attached hydrogens (primary N) is 1. The van der Waals surface area contributed by atoms with Crippen molar-refractivity contribution in [2.75, 3.05) is 0 Å². The number of nitrogens with zero attached hydrogens (tertiary/aromatic N) is 1. The highest BCUT2D eigenvalue weighted by molar-refractivity contribution is 7.09. The van der Waals surface area contributed by atoms with Gasteiger partial charge in [-0.25, -0.2) is 4.98 Å². The summed E-state index contributed by atoms with van der Waals surface area (Å²) in [7, 11) is 0. The van der Waals surface area contributed by atoms with Crippen LogP contribution in [0.1, 0.15) is 27.9 Å². The second-order valence-corrected chi connectivity index (χ2v) is 4.99. The van der Waals surface area contributed by atoms with Gasteiger partial charge in [-0.3, -0.25) is 0 Å². The van der Waals surface area contributed by atoms with Crippen molar-refractivity contribution < 1.29 is 0 Å². The first-order valence-electron chi connectivity index (χ1n) is 5.39. The lowest BCUT2D eigenvalue weighted by molar-refractivity contribution is 0.711. The Kier molecular flexibility index (Phi) is 3.36. The highest BCUT2D eigenvalue weighted by atomic mass is 32.1. The first-order chi connectivity index (χ1) is 7.66.